The summed E-state index contributed by atoms with van der Waals surface area (Å²) in [4.78, 5) is 0. The quantitative estimate of drug-likeness (QED) is 0.377. The van der Waals surface area contributed by atoms with Gasteiger partial charge >= 0.3 is 0 Å². The van der Waals surface area contributed by atoms with Gasteiger partial charge < -0.3 is 0 Å². The van der Waals surface area contributed by atoms with Gasteiger partial charge in [0.25, 0.3) is 0 Å². The van der Waals surface area contributed by atoms with Crippen LogP contribution < -0.4 is 0 Å². The van der Waals surface area contributed by atoms with Crippen molar-refractivity contribution in [1.29, 1.82) is 0 Å². The molecule has 0 saturated carbocycles. The molecule has 0 heterocycles. The molecule has 0 amide bonds. The van der Waals surface area contributed by atoms with Crippen molar-refractivity contribution in [1.82, 2.24) is 0 Å². The summed E-state index contributed by atoms with van der Waals surface area (Å²) in [6.07, 6.45) is 0. The van der Waals surface area contributed by atoms with E-state index in [1.165, 1.54) is 0 Å². The Labute approximate surface area is 67.2 Å². The normalized spacial score (nSPS) is 8.20. The fraction of sp³-hybridized carbons (Fsp3) is 0.500. The van der Waals surface area contributed by atoms with Crippen LogP contribution in [0.25, 0.3) is 0 Å². The molecule has 0 aromatic rings. The van der Waals surface area contributed by atoms with Gasteiger partial charge in [-0.2, -0.15) is 0 Å². The summed E-state index contributed by atoms with van der Waals surface area (Å²) in [5.41, 5.74) is 6.19. The Morgan fingerprint density at radius 1 is 0.700 bits per heavy atom. The van der Waals surface area contributed by atoms with E-state index in [0.717, 1.165) is 0 Å². The molecule has 0 N–H and O–H groups in total. The molecule has 0 fully saturated rings. The van der Waals surface area contributed by atoms with Crippen LogP contribution in [0.1, 0.15) is 0 Å². The summed E-state index contributed by atoms with van der Waals surface area (Å²) in [6, 6.07) is 0. The molecule has 0 aliphatic heterocycles. The molecule has 2 radical (unpaired) electrons. The van der Waals surface area contributed by atoms with E-state index in [2.05, 4.69) is 49.1 Å². The summed E-state index contributed by atoms with van der Waals surface area (Å²) >= 11 is 0. The minimum Gasteiger partial charge on any atom is -0.120 e. The lowest BCUT2D eigenvalue weighted by Gasteiger charge is -1.80. The predicted octanol–water partition coefficient (Wildman–Crippen LogP) is 1.58. The zero-order chi connectivity index (χ0) is 7.98. The molecule has 0 aromatic heterocycles. The molecule has 0 spiro atoms. The van der Waals surface area contributed by atoms with Crippen LogP contribution in [0.2, 0.25) is 26.2 Å². The van der Waals surface area contributed by atoms with E-state index in [1.54, 1.807) is 0 Å². The first kappa shape index (κ1) is 9.55. The van der Waals surface area contributed by atoms with Gasteiger partial charge in [0, 0.05) is 0 Å². The second-order valence-corrected chi connectivity index (χ2v) is 7.00. The average Bonchev–Trinajstić information content (AvgIpc) is 1.79. The highest BCUT2D eigenvalue weighted by Gasteiger charge is 1.84. The number of rotatable bonds is 0. The van der Waals surface area contributed by atoms with E-state index in [-0.39, 0.29) is 17.6 Å². The van der Waals surface area contributed by atoms with Gasteiger partial charge in [-0.3, -0.25) is 0 Å². The Morgan fingerprint density at radius 3 is 1.20 bits per heavy atom. The van der Waals surface area contributed by atoms with Crippen LogP contribution in [0.5, 0.6) is 0 Å². The van der Waals surface area contributed by atoms with Gasteiger partial charge in [0.2, 0.25) is 0 Å². The van der Waals surface area contributed by atoms with Crippen LogP contribution in [-0.4, -0.2) is 17.6 Å². The van der Waals surface area contributed by atoms with Gasteiger partial charge in [0.15, 0.2) is 0 Å². The topological polar surface area (TPSA) is 0 Å². The number of hydrogen-bond acceptors (Lipinski definition) is 0. The van der Waals surface area contributed by atoms with Gasteiger partial charge in [-0.15, -0.1) is 11.1 Å². The van der Waals surface area contributed by atoms with Gasteiger partial charge in [-0.25, -0.2) is 0 Å². The molecule has 0 bridgehead atoms. The van der Waals surface area contributed by atoms with Crippen molar-refractivity contribution in [2.45, 2.75) is 26.2 Å². The first-order chi connectivity index (χ1) is 4.63. The first-order valence-electron chi connectivity index (χ1n) is 3.25. The van der Waals surface area contributed by atoms with Crippen molar-refractivity contribution in [3.63, 3.8) is 0 Å². The van der Waals surface area contributed by atoms with E-state index in [0.29, 0.717) is 0 Å². The van der Waals surface area contributed by atoms with Crippen LogP contribution >= 0.6 is 0 Å². The maximum absolute atomic E-state index is 3.10. The van der Waals surface area contributed by atoms with E-state index >= 15 is 0 Å². The van der Waals surface area contributed by atoms with E-state index < -0.39 is 0 Å². The Kier molecular flexibility index (Phi) is 5.11. The van der Waals surface area contributed by atoms with E-state index in [1.807, 2.05) is 0 Å². The predicted molar refractivity (Wildman–Crippen MR) is 50.5 cm³/mol. The molecule has 52 valence electrons. The second kappa shape index (κ2) is 5.35. The molecule has 0 aliphatic carbocycles. The van der Waals surface area contributed by atoms with Gasteiger partial charge in [0.1, 0.15) is 17.6 Å². The van der Waals surface area contributed by atoms with Crippen molar-refractivity contribution in [2.24, 2.45) is 0 Å². The fourth-order valence-corrected chi connectivity index (χ4v) is 0.938. The van der Waals surface area contributed by atoms with Crippen molar-refractivity contribution in [3.05, 3.63) is 0 Å². The van der Waals surface area contributed by atoms with Crippen LogP contribution in [0, 0.1) is 22.9 Å². The SMILES string of the molecule is C[Si](C)C#CC#C[Si](C)C. The molecule has 0 aliphatic rings. The lowest BCUT2D eigenvalue weighted by atomic mass is 10.7. The average molecular weight is 164 g/mol. The minimum absolute atomic E-state index is 0.385. The third-order valence-electron chi connectivity index (χ3n) is 0.688. The molecule has 0 nitrogen and oxygen atoms in total. The molecular formula is C8H12Si2. The molecular weight excluding hydrogens is 152 g/mol. The highest BCUT2D eigenvalue weighted by Crippen LogP contribution is 1.74. The fourth-order valence-electron chi connectivity index (χ4n) is 0.312. The maximum atomic E-state index is 3.10. The second-order valence-electron chi connectivity index (χ2n) is 2.50. The summed E-state index contributed by atoms with van der Waals surface area (Å²) < 4.78 is 0. The third-order valence-corrected chi connectivity index (χ3v) is 1.94. The summed E-state index contributed by atoms with van der Waals surface area (Å²) in [5, 5.41) is 0. The zero-order valence-electron chi connectivity index (χ0n) is 7.00. The maximum Gasteiger partial charge on any atom is 0.139 e. The van der Waals surface area contributed by atoms with Crippen molar-refractivity contribution in [3.8, 4) is 22.9 Å². The highest BCUT2D eigenvalue weighted by molar-refractivity contribution is 6.65. The number of hydrogen-bond donors (Lipinski definition) is 0. The van der Waals surface area contributed by atoms with Gasteiger partial charge in [-0.05, 0) is 11.8 Å². The smallest absolute Gasteiger partial charge is 0.120 e. The third kappa shape index (κ3) is 7.55. The van der Waals surface area contributed by atoms with E-state index in [9.17, 15) is 0 Å². The van der Waals surface area contributed by atoms with Gasteiger partial charge in [-0.1, -0.05) is 26.2 Å². The Morgan fingerprint density at radius 2 is 1.00 bits per heavy atom. The van der Waals surface area contributed by atoms with Crippen molar-refractivity contribution in [2.75, 3.05) is 0 Å². The van der Waals surface area contributed by atoms with Crippen LogP contribution in [0.3, 0.4) is 0 Å². The molecule has 0 atom stereocenters. The molecule has 10 heavy (non-hydrogen) atoms. The molecule has 2 heteroatoms. The van der Waals surface area contributed by atoms with Gasteiger partial charge in [0.05, 0.1) is 0 Å². The summed E-state index contributed by atoms with van der Waals surface area (Å²) in [6.45, 7) is 8.68. The van der Waals surface area contributed by atoms with Crippen molar-refractivity contribution >= 4 is 17.6 Å². The lowest BCUT2D eigenvalue weighted by Crippen LogP contribution is -1.94. The Balaban J connectivity index is 3.78. The van der Waals surface area contributed by atoms with Crippen LogP contribution in [-0.2, 0) is 0 Å². The Hall–Kier alpha value is -0.446. The monoisotopic (exact) mass is 164 g/mol. The highest BCUT2D eigenvalue weighted by atomic mass is 28.3. The standard InChI is InChI=1S/C8H12Si2/c1-9(2)7-5-6-8-10(3)4/h1-4H3. The lowest BCUT2D eigenvalue weighted by molar-refractivity contribution is 2.03. The first-order valence-corrected chi connectivity index (χ1v) is 8.25. The molecule has 0 rings (SSSR count). The summed E-state index contributed by atoms with van der Waals surface area (Å²) in [7, 11) is -0.769. The Bertz CT molecular complexity index is 171. The molecule has 0 unspecified atom stereocenters. The van der Waals surface area contributed by atoms with E-state index in [4.69, 9.17) is 0 Å². The molecule has 0 aromatic carbocycles. The molecule has 0 saturated heterocycles. The van der Waals surface area contributed by atoms with Crippen LogP contribution in [0.15, 0.2) is 0 Å². The minimum atomic E-state index is -0.385. The van der Waals surface area contributed by atoms with Crippen molar-refractivity contribution < 1.29 is 0 Å². The largest absolute Gasteiger partial charge is 0.139 e. The van der Waals surface area contributed by atoms with Crippen LogP contribution in [0.4, 0.5) is 0 Å². The zero-order valence-corrected chi connectivity index (χ0v) is 9.00. The summed E-state index contributed by atoms with van der Waals surface area (Å²) in [5.74, 6) is 5.75.